The summed E-state index contributed by atoms with van der Waals surface area (Å²) in [5, 5.41) is 3.28. The predicted molar refractivity (Wildman–Crippen MR) is 152 cm³/mol. The summed E-state index contributed by atoms with van der Waals surface area (Å²) >= 11 is 0. The summed E-state index contributed by atoms with van der Waals surface area (Å²) in [6, 6.07) is 12.9. The minimum atomic E-state index is -0.843. The van der Waals surface area contributed by atoms with E-state index in [0.29, 0.717) is 11.8 Å². The minimum Gasteiger partial charge on any atom is -0.485 e. The summed E-state index contributed by atoms with van der Waals surface area (Å²) < 4.78 is 31.2. The number of hydrogen-bond donors (Lipinski definition) is 1. The first-order valence-corrected chi connectivity index (χ1v) is 14.3. The van der Waals surface area contributed by atoms with Gasteiger partial charge in [-0.05, 0) is 101 Å². The lowest BCUT2D eigenvalue weighted by Crippen LogP contribution is -2.44. The largest absolute Gasteiger partial charge is 0.485 e. The monoisotopic (exact) mass is 554 g/mol. The van der Waals surface area contributed by atoms with Gasteiger partial charge in [0.15, 0.2) is 11.6 Å². The number of rotatable bonds is 8. The number of carbonyl (C=O) groups is 2. The molecule has 0 bridgehead atoms. The molecule has 0 aromatic heterocycles. The Morgan fingerprint density at radius 1 is 1.07 bits per heavy atom. The SMILES string of the molecule is CNCc1ccccc1C1CCC(Cc2ccc(F)c(O[C@H]3C[C@@H](C(=O)OC)N(C(=O)OC(C)(C)C)C3)c2)CC1. The van der Waals surface area contributed by atoms with Crippen molar-refractivity contribution in [1.82, 2.24) is 10.2 Å². The van der Waals surface area contributed by atoms with E-state index >= 15 is 0 Å². The maximum absolute atomic E-state index is 14.8. The topological polar surface area (TPSA) is 77.1 Å². The predicted octanol–water partition coefficient (Wildman–Crippen LogP) is 5.99. The highest BCUT2D eigenvalue weighted by atomic mass is 19.1. The van der Waals surface area contributed by atoms with Crippen LogP contribution in [0.5, 0.6) is 5.75 Å². The summed E-state index contributed by atoms with van der Waals surface area (Å²) in [4.78, 5) is 26.5. The van der Waals surface area contributed by atoms with Crippen molar-refractivity contribution in [2.75, 3.05) is 20.7 Å². The molecule has 1 N–H and O–H groups in total. The van der Waals surface area contributed by atoms with Gasteiger partial charge >= 0.3 is 12.1 Å². The van der Waals surface area contributed by atoms with Gasteiger partial charge in [0.25, 0.3) is 0 Å². The number of methoxy groups -OCH3 is 1. The standard InChI is InChI=1S/C32H43FN2O5/c1-32(2,3)40-31(37)35-20-25(18-28(35)30(36)38-5)39-29-17-22(12-15-27(29)33)16-21-10-13-23(14-11-21)26-9-7-6-8-24(26)19-34-4/h6-9,12,15,17,21,23,25,28,34H,10-11,13-14,16,18-20H2,1-5H3/t21?,23?,25-,28-/m0/s1. The number of amides is 1. The van der Waals surface area contributed by atoms with Gasteiger partial charge < -0.3 is 19.5 Å². The van der Waals surface area contributed by atoms with E-state index < -0.39 is 35.6 Å². The van der Waals surface area contributed by atoms with E-state index in [2.05, 4.69) is 29.6 Å². The van der Waals surface area contributed by atoms with Crippen molar-refractivity contribution >= 4 is 12.1 Å². The van der Waals surface area contributed by atoms with Gasteiger partial charge in [-0.3, -0.25) is 4.90 Å². The van der Waals surface area contributed by atoms with Gasteiger partial charge in [-0.1, -0.05) is 30.3 Å². The number of halogens is 1. The molecule has 8 heteroatoms. The Kier molecular flexibility index (Phi) is 9.72. The molecule has 40 heavy (non-hydrogen) atoms. The fourth-order valence-electron chi connectivity index (χ4n) is 6.00. The van der Waals surface area contributed by atoms with Crippen molar-refractivity contribution in [1.29, 1.82) is 0 Å². The second kappa shape index (κ2) is 13.0. The molecule has 2 aliphatic rings. The van der Waals surface area contributed by atoms with Crippen molar-refractivity contribution in [3.05, 3.63) is 65.0 Å². The Hall–Kier alpha value is -3.13. The lowest BCUT2D eigenvalue weighted by molar-refractivity contribution is -0.145. The van der Waals surface area contributed by atoms with Crippen LogP contribution in [0.3, 0.4) is 0 Å². The Labute approximate surface area is 237 Å². The zero-order valence-electron chi connectivity index (χ0n) is 24.4. The van der Waals surface area contributed by atoms with Crippen LogP contribution >= 0.6 is 0 Å². The smallest absolute Gasteiger partial charge is 0.411 e. The van der Waals surface area contributed by atoms with Crippen molar-refractivity contribution in [2.45, 2.75) is 89.5 Å². The first-order valence-electron chi connectivity index (χ1n) is 14.3. The zero-order chi connectivity index (χ0) is 28.9. The minimum absolute atomic E-state index is 0.109. The van der Waals surface area contributed by atoms with Gasteiger partial charge in [-0.2, -0.15) is 0 Å². The summed E-state index contributed by atoms with van der Waals surface area (Å²) in [6.07, 6.45) is 4.43. The van der Waals surface area contributed by atoms with E-state index in [9.17, 15) is 14.0 Å². The van der Waals surface area contributed by atoms with Crippen molar-refractivity contribution < 1.29 is 28.2 Å². The highest BCUT2D eigenvalue weighted by Gasteiger charge is 2.43. The molecule has 0 unspecified atom stereocenters. The number of hydrogen-bond acceptors (Lipinski definition) is 6. The number of esters is 1. The fraction of sp³-hybridized carbons (Fsp3) is 0.562. The molecule has 0 spiro atoms. The molecule has 7 nitrogen and oxygen atoms in total. The molecule has 2 atom stereocenters. The Bertz CT molecular complexity index is 1170. The third kappa shape index (κ3) is 7.53. The summed E-state index contributed by atoms with van der Waals surface area (Å²) in [7, 11) is 3.26. The molecular weight excluding hydrogens is 511 g/mol. The average Bonchev–Trinajstić information content (AvgIpc) is 3.34. The third-order valence-electron chi connectivity index (χ3n) is 7.89. The highest BCUT2D eigenvalue weighted by molar-refractivity contribution is 5.82. The fourth-order valence-corrected chi connectivity index (χ4v) is 6.00. The average molecular weight is 555 g/mol. The third-order valence-corrected chi connectivity index (χ3v) is 7.89. The second-order valence-corrected chi connectivity index (χ2v) is 12.1. The van der Waals surface area contributed by atoms with E-state index in [1.165, 1.54) is 29.2 Å². The van der Waals surface area contributed by atoms with Gasteiger partial charge in [0.2, 0.25) is 0 Å². The number of benzene rings is 2. The number of carbonyl (C=O) groups excluding carboxylic acids is 2. The molecule has 4 rings (SSSR count). The van der Waals surface area contributed by atoms with Gasteiger partial charge in [-0.15, -0.1) is 0 Å². The van der Waals surface area contributed by atoms with Crippen LogP contribution in [-0.4, -0.2) is 55.4 Å². The molecule has 2 aromatic carbocycles. The molecule has 0 radical (unpaired) electrons. The summed E-state index contributed by atoms with van der Waals surface area (Å²) in [5.74, 6) is 0.246. The molecule has 1 aliphatic heterocycles. The van der Waals surface area contributed by atoms with Gasteiger partial charge in [-0.25, -0.2) is 14.0 Å². The number of ether oxygens (including phenoxy) is 3. The maximum Gasteiger partial charge on any atom is 0.411 e. The molecular formula is C32H43FN2O5. The van der Waals surface area contributed by atoms with Crippen LogP contribution in [0.15, 0.2) is 42.5 Å². The zero-order valence-corrected chi connectivity index (χ0v) is 24.4. The first kappa shape index (κ1) is 29.8. The Morgan fingerprint density at radius 3 is 2.48 bits per heavy atom. The van der Waals surface area contributed by atoms with Crippen LogP contribution in [0, 0.1) is 11.7 Å². The Balaban J connectivity index is 1.38. The number of nitrogens with zero attached hydrogens (tertiary/aromatic N) is 1. The number of likely N-dealkylation sites (tertiary alicyclic amines) is 1. The number of nitrogens with one attached hydrogen (secondary N) is 1. The molecule has 1 saturated heterocycles. The molecule has 1 saturated carbocycles. The van der Waals surface area contributed by atoms with Gasteiger partial charge in [0, 0.05) is 13.0 Å². The maximum atomic E-state index is 14.8. The highest BCUT2D eigenvalue weighted by Crippen LogP contribution is 2.39. The van der Waals surface area contributed by atoms with E-state index in [4.69, 9.17) is 14.2 Å². The van der Waals surface area contributed by atoms with Crippen LogP contribution in [-0.2, 0) is 27.2 Å². The van der Waals surface area contributed by atoms with Crippen LogP contribution in [0.1, 0.15) is 75.5 Å². The van der Waals surface area contributed by atoms with Crippen LogP contribution in [0.4, 0.5) is 9.18 Å². The van der Waals surface area contributed by atoms with E-state index in [-0.39, 0.29) is 18.7 Å². The van der Waals surface area contributed by atoms with Crippen LogP contribution in [0.2, 0.25) is 0 Å². The van der Waals surface area contributed by atoms with Crippen molar-refractivity contribution in [3.8, 4) is 5.75 Å². The summed E-state index contributed by atoms with van der Waals surface area (Å²) in [5.41, 5.74) is 3.14. The summed E-state index contributed by atoms with van der Waals surface area (Å²) in [6.45, 7) is 6.28. The lowest BCUT2D eigenvalue weighted by Gasteiger charge is -2.30. The first-order chi connectivity index (χ1) is 19.1. The van der Waals surface area contributed by atoms with E-state index in [1.807, 2.05) is 13.1 Å². The second-order valence-electron chi connectivity index (χ2n) is 12.1. The molecule has 1 aliphatic carbocycles. The van der Waals surface area contributed by atoms with Crippen LogP contribution < -0.4 is 10.1 Å². The quantitative estimate of drug-likeness (QED) is 0.404. The molecule has 1 heterocycles. The Morgan fingerprint density at radius 2 is 1.80 bits per heavy atom. The molecule has 218 valence electrons. The van der Waals surface area contributed by atoms with Crippen LogP contribution in [0.25, 0.3) is 0 Å². The lowest BCUT2D eigenvalue weighted by atomic mass is 9.75. The molecule has 2 fully saturated rings. The van der Waals surface area contributed by atoms with Crippen molar-refractivity contribution in [3.63, 3.8) is 0 Å². The molecule has 1 amide bonds. The van der Waals surface area contributed by atoms with E-state index in [1.54, 1.807) is 26.8 Å². The van der Waals surface area contributed by atoms with E-state index in [0.717, 1.165) is 44.2 Å². The van der Waals surface area contributed by atoms with Gasteiger partial charge in [0.1, 0.15) is 17.7 Å². The molecule has 2 aromatic rings. The van der Waals surface area contributed by atoms with Gasteiger partial charge in [0.05, 0.1) is 13.7 Å². The van der Waals surface area contributed by atoms with Crippen molar-refractivity contribution in [2.24, 2.45) is 5.92 Å². The normalized spacial score (nSPS) is 23.1.